The van der Waals surface area contributed by atoms with E-state index in [1.54, 1.807) is 0 Å². The highest BCUT2D eigenvalue weighted by Crippen LogP contribution is 2.30. The lowest BCUT2D eigenvalue weighted by Crippen LogP contribution is -2.39. The summed E-state index contributed by atoms with van der Waals surface area (Å²) in [6.45, 7) is 2.43. The van der Waals surface area contributed by atoms with E-state index in [1.807, 2.05) is 4.90 Å². The lowest BCUT2D eigenvalue weighted by molar-refractivity contribution is -0.123. The number of aryl methyl sites for hydroxylation is 1. The lowest BCUT2D eigenvalue weighted by atomic mass is 9.83. The molecule has 3 N–H and O–H groups in total. The summed E-state index contributed by atoms with van der Waals surface area (Å²) >= 11 is 0. The van der Waals surface area contributed by atoms with Crippen molar-refractivity contribution in [1.29, 1.82) is 0 Å². The van der Waals surface area contributed by atoms with Crippen molar-refractivity contribution < 1.29 is 9.59 Å². The van der Waals surface area contributed by atoms with E-state index in [0.29, 0.717) is 25.6 Å². The van der Waals surface area contributed by atoms with Gasteiger partial charge in [-0.05, 0) is 43.4 Å². The van der Waals surface area contributed by atoms with Crippen LogP contribution < -0.4 is 11.1 Å². The fraction of sp³-hybridized carbons (Fsp3) is 0.556. The van der Waals surface area contributed by atoms with Gasteiger partial charge in [0.25, 0.3) is 0 Å². The monoisotopic (exact) mass is 315 g/mol. The number of hydrogen-bond donors (Lipinski definition) is 2. The smallest absolute Gasteiger partial charge is 0.234 e. The Morgan fingerprint density at radius 3 is 2.87 bits per heavy atom. The highest BCUT2D eigenvalue weighted by atomic mass is 16.2. The third kappa shape index (κ3) is 3.91. The van der Waals surface area contributed by atoms with E-state index in [2.05, 4.69) is 29.6 Å². The summed E-state index contributed by atoms with van der Waals surface area (Å²) < 4.78 is 0. The summed E-state index contributed by atoms with van der Waals surface area (Å²) in [7, 11) is 0. The van der Waals surface area contributed by atoms with Crippen LogP contribution in [0.15, 0.2) is 24.3 Å². The van der Waals surface area contributed by atoms with Gasteiger partial charge in [-0.2, -0.15) is 0 Å². The molecular formula is C18H25N3O2. The molecule has 0 bridgehead atoms. The summed E-state index contributed by atoms with van der Waals surface area (Å²) in [5, 5.41) is 3.07. The molecule has 0 saturated carbocycles. The maximum atomic E-state index is 12.2. The Labute approximate surface area is 137 Å². The molecule has 2 amide bonds. The number of primary amides is 1. The number of fused-ring (bicyclic) bond motifs is 1. The quantitative estimate of drug-likeness (QED) is 0.852. The highest BCUT2D eigenvalue weighted by Gasteiger charge is 2.28. The van der Waals surface area contributed by atoms with Crippen molar-refractivity contribution in [2.24, 2.45) is 11.7 Å². The van der Waals surface area contributed by atoms with Crippen LogP contribution in [-0.2, 0) is 16.0 Å². The molecule has 5 nitrogen and oxygen atoms in total. The molecule has 1 fully saturated rings. The van der Waals surface area contributed by atoms with E-state index in [-0.39, 0.29) is 17.7 Å². The molecule has 3 rings (SSSR count). The average molecular weight is 315 g/mol. The number of nitrogens with one attached hydrogen (secondary N) is 1. The molecule has 1 saturated heterocycles. The van der Waals surface area contributed by atoms with E-state index in [1.165, 1.54) is 17.5 Å². The summed E-state index contributed by atoms with van der Waals surface area (Å²) in [6.07, 6.45) is 4.22. The number of nitrogens with zero attached hydrogens (tertiary/aromatic N) is 1. The molecule has 1 aliphatic carbocycles. The van der Waals surface area contributed by atoms with Crippen molar-refractivity contribution in [3.63, 3.8) is 0 Å². The zero-order valence-electron chi connectivity index (χ0n) is 13.5. The Morgan fingerprint density at radius 2 is 2.09 bits per heavy atom. The molecule has 1 aromatic rings. The highest BCUT2D eigenvalue weighted by molar-refractivity contribution is 5.79. The first-order valence-corrected chi connectivity index (χ1v) is 8.49. The SMILES string of the molecule is NC(=O)C1CCN(CC(=O)NCC2CCCc3ccccc32)C1. The maximum absolute atomic E-state index is 12.2. The van der Waals surface area contributed by atoms with Crippen LogP contribution in [0.4, 0.5) is 0 Å². The summed E-state index contributed by atoms with van der Waals surface area (Å²) in [5.41, 5.74) is 8.13. The molecule has 5 heteroatoms. The predicted molar refractivity (Wildman–Crippen MR) is 88.9 cm³/mol. The van der Waals surface area contributed by atoms with Gasteiger partial charge in [0.05, 0.1) is 12.5 Å². The fourth-order valence-electron chi connectivity index (χ4n) is 3.77. The standard InChI is InChI=1S/C18H25N3O2/c19-18(23)15-8-9-21(11-15)12-17(22)20-10-14-6-3-5-13-4-1-2-7-16(13)14/h1-2,4,7,14-15H,3,5-6,8-12H2,(H2,19,23)(H,20,22). The molecule has 1 aliphatic heterocycles. The number of benzene rings is 1. The van der Waals surface area contributed by atoms with Gasteiger partial charge in [-0.1, -0.05) is 24.3 Å². The van der Waals surface area contributed by atoms with Crippen molar-refractivity contribution in [3.8, 4) is 0 Å². The van der Waals surface area contributed by atoms with Crippen molar-refractivity contribution in [2.45, 2.75) is 31.6 Å². The van der Waals surface area contributed by atoms with Gasteiger partial charge < -0.3 is 11.1 Å². The van der Waals surface area contributed by atoms with Crippen LogP contribution in [0.25, 0.3) is 0 Å². The van der Waals surface area contributed by atoms with Crippen molar-refractivity contribution in [1.82, 2.24) is 10.2 Å². The van der Waals surface area contributed by atoms with Gasteiger partial charge in [0.1, 0.15) is 0 Å². The minimum absolute atomic E-state index is 0.0400. The van der Waals surface area contributed by atoms with Crippen LogP contribution >= 0.6 is 0 Å². The van der Waals surface area contributed by atoms with Gasteiger partial charge >= 0.3 is 0 Å². The van der Waals surface area contributed by atoms with Crippen molar-refractivity contribution in [3.05, 3.63) is 35.4 Å². The number of amides is 2. The third-order valence-corrected chi connectivity index (χ3v) is 5.08. The zero-order chi connectivity index (χ0) is 16.2. The Kier molecular flexibility index (Phi) is 4.96. The third-order valence-electron chi connectivity index (χ3n) is 5.08. The number of hydrogen-bond acceptors (Lipinski definition) is 3. The maximum Gasteiger partial charge on any atom is 0.234 e. The molecule has 0 aromatic heterocycles. The Hall–Kier alpha value is -1.88. The zero-order valence-corrected chi connectivity index (χ0v) is 13.5. The van der Waals surface area contributed by atoms with E-state index >= 15 is 0 Å². The van der Waals surface area contributed by atoms with Gasteiger partial charge in [-0.15, -0.1) is 0 Å². The van der Waals surface area contributed by atoms with Gasteiger partial charge in [-0.25, -0.2) is 0 Å². The Balaban J connectivity index is 1.48. The van der Waals surface area contributed by atoms with Crippen molar-refractivity contribution in [2.75, 3.05) is 26.2 Å². The van der Waals surface area contributed by atoms with Crippen LogP contribution in [-0.4, -0.2) is 42.9 Å². The molecule has 1 heterocycles. The van der Waals surface area contributed by atoms with E-state index in [4.69, 9.17) is 5.73 Å². The van der Waals surface area contributed by atoms with E-state index in [0.717, 1.165) is 25.8 Å². The van der Waals surface area contributed by atoms with Crippen LogP contribution in [0.3, 0.4) is 0 Å². The number of carbonyl (C=O) groups excluding carboxylic acids is 2. The van der Waals surface area contributed by atoms with Crippen LogP contribution in [0.1, 0.15) is 36.3 Å². The topological polar surface area (TPSA) is 75.4 Å². The summed E-state index contributed by atoms with van der Waals surface area (Å²) in [5.74, 6) is 0.0961. The van der Waals surface area contributed by atoms with E-state index in [9.17, 15) is 9.59 Å². The van der Waals surface area contributed by atoms with Crippen LogP contribution in [0, 0.1) is 5.92 Å². The molecule has 0 radical (unpaired) electrons. The van der Waals surface area contributed by atoms with Crippen LogP contribution in [0.5, 0.6) is 0 Å². The summed E-state index contributed by atoms with van der Waals surface area (Å²) in [6, 6.07) is 8.54. The van der Waals surface area contributed by atoms with Gasteiger partial charge in [0, 0.05) is 19.0 Å². The first-order chi connectivity index (χ1) is 11.1. The molecule has 2 atom stereocenters. The Bertz CT molecular complexity index is 587. The second kappa shape index (κ2) is 7.13. The largest absolute Gasteiger partial charge is 0.369 e. The first-order valence-electron chi connectivity index (χ1n) is 8.49. The molecular weight excluding hydrogens is 290 g/mol. The van der Waals surface area contributed by atoms with Crippen LogP contribution in [0.2, 0.25) is 0 Å². The number of rotatable bonds is 5. The first kappa shape index (κ1) is 16.0. The molecule has 124 valence electrons. The fourth-order valence-corrected chi connectivity index (χ4v) is 3.77. The van der Waals surface area contributed by atoms with E-state index < -0.39 is 0 Å². The van der Waals surface area contributed by atoms with Crippen molar-refractivity contribution >= 4 is 11.8 Å². The van der Waals surface area contributed by atoms with Gasteiger partial charge in [0.15, 0.2) is 0 Å². The minimum atomic E-state index is -0.258. The number of nitrogens with two attached hydrogens (primary N) is 1. The molecule has 0 spiro atoms. The van der Waals surface area contributed by atoms with Gasteiger partial charge in [0.2, 0.25) is 11.8 Å². The predicted octanol–water partition coefficient (Wildman–Crippen LogP) is 1.03. The normalized spacial score (nSPS) is 24.2. The lowest BCUT2D eigenvalue weighted by Gasteiger charge is -2.26. The molecule has 23 heavy (non-hydrogen) atoms. The molecule has 2 aliphatic rings. The second-order valence-electron chi connectivity index (χ2n) is 6.72. The number of likely N-dealkylation sites (tertiary alicyclic amines) is 1. The Morgan fingerprint density at radius 1 is 1.26 bits per heavy atom. The minimum Gasteiger partial charge on any atom is -0.369 e. The summed E-state index contributed by atoms with van der Waals surface area (Å²) in [4.78, 5) is 25.4. The number of carbonyl (C=O) groups is 2. The average Bonchev–Trinajstić information content (AvgIpc) is 3.01. The molecule has 2 unspecified atom stereocenters. The second-order valence-corrected chi connectivity index (χ2v) is 6.72. The molecule has 1 aromatic carbocycles. The van der Waals surface area contributed by atoms with Gasteiger partial charge in [-0.3, -0.25) is 14.5 Å².